The van der Waals surface area contributed by atoms with Crippen LogP contribution >= 0.6 is 0 Å². The van der Waals surface area contributed by atoms with Crippen LogP contribution in [0.15, 0.2) is 90.2 Å². The highest BCUT2D eigenvalue weighted by atomic mass is 16.5. The first-order valence-electron chi connectivity index (χ1n) is 9.57. The molecule has 4 aromatic rings. The van der Waals surface area contributed by atoms with Gasteiger partial charge < -0.3 is 9.84 Å². The molecule has 4 rings (SSSR count). The summed E-state index contributed by atoms with van der Waals surface area (Å²) in [7, 11) is 1.60. The van der Waals surface area contributed by atoms with Crippen molar-refractivity contribution < 1.29 is 14.6 Å². The molecule has 1 heterocycles. The van der Waals surface area contributed by atoms with Crippen LogP contribution in [-0.2, 0) is 0 Å². The lowest BCUT2D eigenvalue weighted by Gasteiger charge is -2.06. The Bertz CT molecular complexity index is 1230. The molecule has 31 heavy (non-hydrogen) atoms. The standard InChI is InChI=1S/C24H20N4O3/c1-31-22-14-8-6-12-20(22)23-17(16-28(27-23)18-9-3-2-4-10-18)15-25-26-24(30)19-11-5-7-13-21(19)29/h2-16,29H,1H3,(H,26,30)/b25-15-. The van der Waals surface area contributed by atoms with Crippen molar-refractivity contribution in [3.05, 3.63) is 96.2 Å². The molecule has 0 bridgehead atoms. The van der Waals surface area contributed by atoms with E-state index in [0.29, 0.717) is 17.0 Å². The minimum Gasteiger partial charge on any atom is -0.507 e. The lowest BCUT2D eigenvalue weighted by Crippen LogP contribution is -2.17. The van der Waals surface area contributed by atoms with E-state index in [9.17, 15) is 9.90 Å². The number of amides is 1. The van der Waals surface area contributed by atoms with Crippen molar-refractivity contribution in [2.45, 2.75) is 0 Å². The number of hydrogen-bond donors (Lipinski definition) is 2. The Labute approximate surface area is 179 Å². The molecule has 0 radical (unpaired) electrons. The van der Waals surface area contributed by atoms with E-state index < -0.39 is 5.91 Å². The fourth-order valence-electron chi connectivity index (χ4n) is 3.13. The van der Waals surface area contributed by atoms with Gasteiger partial charge in [0, 0.05) is 17.3 Å². The Kier molecular flexibility index (Phi) is 5.75. The number of nitrogens with zero attached hydrogens (tertiary/aromatic N) is 3. The first-order valence-corrected chi connectivity index (χ1v) is 9.57. The SMILES string of the molecule is COc1ccccc1-c1nn(-c2ccccc2)cc1/C=N\NC(=O)c1ccccc1O. The highest BCUT2D eigenvalue weighted by Crippen LogP contribution is 2.31. The number of hydrazone groups is 1. The predicted octanol–water partition coefficient (Wildman–Crippen LogP) is 4.02. The number of phenolic OH excluding ortho intramolecular Hbond substituents is 1. The van der Waals surface area contributed by atoms with Gasteiger partial charge in [-0.1, -0.05) is 42.5 Å². The number of nitrogens with one attached hydrogen (secondary N) is 1. The molecular formula is C24H20N4O3. The summed E-state index contributed by atoms with van der Waals surface area (Å²) >= 11 is 0. The highest BCUT2D eigenvalue weighted by Gasteiger charge is 2.15. The van der Waals surface area contributed by atoms with Gasteiger partial charge in [-0.2, -0.15) is 10.2 Å². The molecule has 1 aromatic heterocycles. The van der Waals surface area contributed by atoms with E-state index in [1.807, 2.05) is 60.8 Å². The van der Waals surface area contributed by atoms with Crippen LogP contribution in [0.4, 0.5) is 0 Å². The number of methoxy groups -OCH3 is 1. The third-order valence-electron chi connectivity index (χ3n) is 4.64. The summed E-state index contributed by atoms with van der Waals surface area (Å²) < 4.78 is 7.24. The summed E-state index contributed by atoms with van der Waals surface area (Å²) in [6, 6.07) is 23.5. The summed E-state index contributed by atoms with van der Waals surface area (Å²) in [5, 5.41) is 18.6. The molecule has 0 atom stereocenters. The molecule has 0 aliphatic rings. The van der Waals surface area contributed by atoms with Gasteiger partial charge in [0.05, 0.1) is 24.6 Å². The molecule has 0 unspecified atom stereocenters. The smallest absolute Gasteiger partial charge is 0.275 e. The Morgan fingerprint density at radius 2 is 1.74 bits per heavy atom. The van der Waals surface area contributed by atoms with Gasteiger partial charge in [-0.15, -0.1) is 0 Å². The van der Waals surface area contributed by atoms with E-state index in [0.717, 1.165) is 11.3 Å². The van der Waals surface area contributed by atoms with Gasteiger partial charge in [0.15, 0.2) is 0 Å². The predicted molar refractivity (Wildman–Crippen MR) is 119 cm³/mol. The summed E-state index contributed by atoms with van der Waals surface area (Å²) in [5.74, 6) is 0.0548. The molecule has 0 saturated carbocycles. The first-order chi connectivity index (χ1) is 15.2. The van der Waals surface area contributed by atoms with Crippen molar-refractivity contribution in [2.75, 3.05) is 7.11 Å². The Morgan fingerprint density at radius 3 is 2.52 bits per heavy atom. The van der Waals surface area contributed by atoms with Crippen molar-refractivity contribution in [1.29, 1.82) is 0 Å². The summed E-state index contributed by atoms with van der Waals surface area (Å²) in [6.45, 7) is 0. The largest absolute Gasteiger partial charge is 0.507 e. The Balaban J connectivity index is 1.69. The average Bonchev–Trinajstić information content (AvgIpc) is 3.24. The molecule has 0 aliphatic carbocycles. The minimum atomic E-state index is -0.511. The molecule has 0 aliphatic heterocycles. The number of aromatic nitrogens is 2. The van der Waals surface area contributed by atoms with Gasteiger partial charge in [0.1, 0.15) is 17.2 Å². The number of para-hydroxylation sites is 3. The van der Waals surface area contributed by atoms with Crippen molar-refractivity contribution in [3.8, 4) is 28.4 Å². The number of benzene rings is 3. The van der Waals surface area contributed by atoms with Gasteiger partial charge in [-0.25, -0.2) is 10.1 Å². The fraction of sp³-hybridized carbons (Fsp3) is 0.0417. The maximum atomic E-state index is 12.3. The van der Waals surface area contributed by atoms with E-state index in [-0.39, 0.29) is 11.3 Å². The van der Waals surface area contributed by atoms with Gasteiger partial charge in [-0.3, -0.25) is 4.79 Å². The number of hydrogen-bond acceptors (Lipinski definition) is 5. The van der Waals surface area contributed by atoms with Crippen LogP contribution in [0.3, 0.4) is 0 Å². The quantitative estimate of drug-likeness (QED) is 0.370. The van der Waals surface area contributed by atoms with Gasteiger partial charge in [-0.05, 0) is 36.4 Å². The molecule has 7 heteroatoms. The lowest BCUT2D eigenvalue weighted by molar-refractivity contribution is 0.0952. The van der Waals surface area contributed by atoms with Gasteiger partial charge >= 0.3 is 0 Å². The number of carbonyl (C=O) groups excluding carboxylic acids is 1. The van der Waals surface area contributed by atoms with Gasteiger partial charge in [0.25, 0.3) is 5.91 Å². The molecular weight excluding hydrogens is 392 g/mol. The second-order valence-corrected chi connectivity index (χ2v) is 6.63. The molecule has 154 valence electrons. The van der Waals surface area contributed by atoms with E-state index in [1.165, 1.54) is 18.3 Å². The number of aromatic hydroxyl groups is 1. The summed E-state index contributed by atoms with van der Waals surface area (Å²) in [5.41, 5.74) is 5.62. The second-order valence-electron chi connectivity index (χ2n) is 6.63. The van der Waals surface area contributed by atoms with E-state index in [1.54, 1.807) is 23.9 Å². The van der Waals surface area contributed by atoms with E-state index in [2.05, 4.69) is 10.5 Å². The molecule has 1 amide bonds. The second kappa shape index (κ2) is 8.96. The van der Waals surface area contributed by atoms with Gasteiger partial charge in [0.2, 0.25) is 0 Å². The van der Waals surface area contributed by atoms with Crippen molar-refractivity contribution in [2.24, 2.45) is 5.10 Å². The van der Waals surface area contributed by atoms with Crippen LogP contribution in [0.25, 0.3) is 16.9 Å². The molecule has 3 aromatic carbocycles. The monoisotopic (exact) mass is 412 g/mol. The molecule has 0 fully saturated rings. The summed E-state index contributed by atoms with van der Waals surface area (Å²) in [4.78, 5) is 12.3. The zero-order valence-corrected chi connectivity index (χ0v) is 16.8. The highest BCUT2D eigenvalue weighted by molar-refractivity contribution is 5.97. The molecule has 7 nitrogen and oxygen atoms in total. The van der Waals surface area contributed by atoms with Crippen molar-refractivity contribution in [3.63, 3.8) is 0 Å². The normalized spacial score (nSPS) is 10.9. The number of phenols is 1. The van der Waals surface area contributed by atoms with E-state index in [4.69, 9.17) is 9.84 Å². The molecule has 0 spiro atoms. The van der Waals surface area contributed by atoms with Crippen LogP contribution in [-0.4, -0.2) is 34.1 Å². The molecule has 0 saturated heterocycles. The lowest BCUT2D eigenvalue weighted by atomic mass is 10.1. The molecule has 2 N–H and O–H groups in total. The third kappa shape index (κ3) is 4.30. The van der Waals surface area contributed by atoms with Crippen molar-refractivity contribution >= 4 is 12.1 Å². The van der Waals surface area contributed by atoms with Crippen LogP contribution in [0.1, 0.15) is 15.9 Å². The first kappa shape index (κ1) is 19.9. The fourth-order valence-corrected chi connectivity index (χ4v) is 3.13. The van der Waals surface area contributed by atoms with Crippen LogP contribution in [0, 0.1) is 0 Å². The van der Waals surface area contributed by atoms with Crippen LogP contribution in [0.5, 0.6) is 11.5 Å². The Morgan fingerprint density at radius 1 is 1.03 bits per heavy atom. The maximum Gasteiger partial charge on any atom is 0.275 e. The number of rotatable bonds is 6. The zero-order chi connectivity index (χ0) is 21.6. The van der Waals surface area contributed by atoms with Crippen molar-refractivity contribution in [1.82, 2.24) is 15.2 Å². The number of ether oxygens (including phenoxy) is 1. The maximum absolute atomic E-state index is 12.3. The number of carbonyl (C=O) groups is 1. The third-order valence-corrected chi connectivity index (χ3v) is 4.64. The summed E-state index contributed by atoms with van der Waals surface area (Å²) in [6.07, 6.45) is 3.35. The Hall–Kier alpha value is -4.39. The van der Waals surface area contributed by atoms with Crippen LogP contribution < -0.4 is 10.2 Å². The average molecular weight is 412 g/mol. The zero-order valence-electron chi connectivity index (χ0n) is 16.8. The minimum absolute atomic E-state index is 0.109. The topological polar surface area (TPSA) is 88.7 Å². The van der Waals surface area contributed by atoms with Crippen LogP contribution in [0.2, 0.25) is 0 Å². The van der Waals surface area contributed by atoms with E-state index >= 15 is 0 Å².